The van der Waals surface area contributed by atoms with Crippen molar-refractivity contribution in [2.75, 3.05) is 53.1 Å². The van der Waals surface area contributed by atoms with E-state index in [-0.39, 0.29) is 11.9 Å². The van der Waals surface area contributed by atoms with Crippen LogP contribution in [0.15, 0.2) is 0 Å². The van der Waals surface area contributed by atoms with Crippen molar-refractivity contribution in [3.05, 3.63) is 0 Å². The Balaban J connectivity index is 2.13. The maximum Gasteiger partial charge on any atom is 0.236 e. The molecule has 1 aliphatic heterocycles. The third kappa shape index (κ3) is 5.45. The Labute approximate surface area is 102 Å². The summed E-state index contributed by atoms with van der Waals surface area (Å²) in [5, 5.41) is 3.17. The molecule has 1 unspecified atom stereocenters. The molecule has 3 N–H and O–H groups in total. The van der Waals surface area contributed by atoms with Gasteiger partial charge in [0.15, 0.2) is 0 Å². The third-order valence-corrected chi connectivity index (χ3v) is 2.85. The molecule has 6 nitrogen and oxygen atoms in total. The van der Waals surface area contributed by atoms with Gasteiger partial charge in [-0.2, -0.15) is 0 Å². The highest BCUT2D eigenvalue weighted by atomic mass is 16.5. The molecule has 1 saturated heterocycles. The van der Waals surface area contributed by atoms with Crippen molar-refractivity contribution >= 4 is 5.91 Å². The number of hydrogen-bond acceptors (Lipinski definition) is 5. The number of rotatable bonds is 8. The first kappa shape index (κ1) is 14.4. The van der Waals surface area contributed by atoms with Gasteiger partial charge in [-0.3, -0.25) is 9.69 Å². The highest BCUT2D eigenvalue weighted by molar-refractivity contribution is 5.80. The average molecular weight is 245 g/mol. The van der Waals surface area contributed by atoms with Crippen LogP contribution in [0.3, 0.4) is 0 Å². The SMILES string of the molecule is COCCOCCCN1CCNCC1C(N)=O. The van der Waals surface area contributed by atoms with Crippen molar-refractivity contribution in [3.8, 4) is 0 Å². The van der Waals surface area contributed by atoms with Crippen LogP contribution in [-0.4, -0.2) is 70.0 Å². The zero-order chi connectivity index (χ0) is 12.5. The van der Waals surface area contributed by atoms with Crippen LogP contribution in [0.1, 0.15) is 6.42 Å². The van der Waals surface area contributed by atoms with Gasteiger partial charge in [-0.15, -0.1) is 0 Å². The standard InChI is InChI=1S/C11H23N3O3/c1-16-7-8-17-6-2-4-14-5-3-13-9-10(14)11(12)15/h10,13H,2-9H2,1H3,(H2,12,15). The number of primary amides is 1. The Morgan fingerprint density at radius 2 is 2.29 bits per heavy atom. The Bertz CT molecular complexity index is 226. The van der Waals surface area contributed by atoms with Gasteiger partial charge in [0.25, 0.3) is 0 Å². The van der Waals surface area contributed by atoms with Crippen LogP contribution in [0.25, 0.3) is 0 Å². The van der Waals surface area contributed by atoms with E-state index in [1.807, 2.05) is 0 Å². The maximum absolute atomic E-state index is 11.2. The number of nitrogens with two attached hydrogens (primary N) is 1. The number of nitrogens with zero attached hydrogens (tertiary/aromatic N) is 1. The minimum atomic E-state index is -0.252. The van der Waals surface area contributed by atoms with Gasteiger partial charge >= 0.3 is 0 Å². The van der Waals surface area contributed by atoms with E-state index in [1.165, 1.54) is 0 Å². The second-order valence-corrected chi connectivity index (χ2v) is 4.12. The molecule has 1 heterocycles. The summed E-state index contributed by atoms with van der Waals surface area (Å²) >= 11 is 0. The quantitative estimate of drug-likeness (QED) is 0.525. The molecule has 0 radical (unpaired) electrons. The molecule has 0 saturated carbocycles. The number of amides is 1. The molecule has 1 rings (SSSR count). The number of nitrogens with one attached hydrogen (secondary N) is 1. The van der Waals surface area contributed by atoms with Gasteiger partial charge in [0, 0.05) is 39.9 Å². The molecule has 1 fully saturated rings. The van der Waals surface area contributed by atoms with Crippen LogP contribution < -0.4 is 11.1 Å². The van der Waals surface area contributed by atoms with E-state index in [4.69, 9.17) is 15.2 Å². The summed E-state index contributed by atoms with van der Waals surface area (Å²) in [7, 11) is 1.65. The lowest BCUT2D eigenvalue weighted by atomic mass is 10.1. The van der Waals surface area contributed by atoms with Crippen molar-refractivity contribution in [1.29, 1.82) is 0 Å². The van der Waals surface area contributed by atoms with Gasteiger partial charge in [0.05, 0.1) is 13.2 Å². The largest absolute Gasteiger partial charge is 0.382 e. The van der Waals surface area contributed by atoms with Gasteiger partial charge in [-0.25, -0.2) is 0 Å². The van der Waals surface area contributed by atoms with Crippen LogP contribution >= 0.6 is 0 Å². The normalized spacial score (nSPS) is 21.6. The van der Waals surface area contributed by atoms with E-state index in [0.717, 1.165) is 26.1 Å². The lowest BCUT2D eigenvalue weighted by Crippen LogP contribution is -2.57. The number of carbonyl (C=O) groups is 1. The maximum atomic E-state index is 11.2. The van der Waals surface area contributed by atoms with Gasteiger partial charge in [-0.05, 0) is 6.42 Å². The molecular formula is C11H23N3O3. The zero-order valence-electron chi connectivity index (χ0n) is 10.5. The predicted molar refractivity (Wildman–Crippen MR) is 64.7 cm³/mol. The molecule has 0 spiro atoms. The van der Waals surface area contributed by atoms with Crippen molar-refractivity contribution in [2.45, 2.75) is 12.5 Å². The van der Waals surface area contributed by atoms with E-state index in [0.29, 0.717) is 26.4 Å². The summed E-state index contributed by atoms with van der Waals surface area (Å²) in [5.41, 5.74) is 5.36. The summed E-state index contributed by atoms with van der Waals surface area (Å²) < 4.78 is 10.3. The van der Waals surface area contributed by atoms with Crippen molar-refractivity contribution in [2.24, 2.45) is 5.73 Å². The first-order chi connectivity index (χ1) is 8.25. The molecular weight excluding hydrogens is 222 g/mol. The monoisotopic (exact) mass is 245 g/mol. The van der Waals surface area contributed by atoms with E-state index >= 15 is 0 Å². The Kier molecular flexibility index (Phi) is 7.11. The fraction of sp³-hybridized carbons (Fsp3) is 0.909. The topological polar surface area (TPSA) is 76.8 Å². The molecule has 1 atom stereocenters. The molecule has 0 aliphatic carbocycles. The van der Waals surface area contributed by atoms with Crippen molar-refractivity contribution < 1.29 is 14.3 Å². The summed E-state index contributed by atoms with van der Waals surface area (Å²) in [6, 6.07) is -0.178. The van der Waals surface area contributed by atoms with Crippen LogP contribution in [0.2, 0.25) is 0 Å². The van der Waals surface area contributed by atoms with E-state index in [2.05, 4.69) is 10.2 Å². The van der Waals surface area contributed by atoms with E-state index in [9.17, 15) is 4.79 Å². The summed E-state index contributed by atoms with van der Waals surface area (Å²) in [4.78, 5) is 13.4. The van der Waals surface area contributed by atoms with Gasteiger partial charge in [0.1, 0.15) is 6.04 Å². The predicted octanol–water partition coefficient (Wildman–Crippen LogP) is -1.20. The zero-order valence-corrected chi connectivity index (χ0v) is 10.5. The fourth-order valence-electron chi connectivity index (χ4n) is 1.91. The fourth-order valence-corrected chi connectivity index (χ4v) is 1.91. The third-order valence-electron chi connectivity index (χ3n) is 2.85. The van der Waals surface area contributed by atoms with Crippen molar-refractivity contribution in [3.63, 3.8) is 0 Å². The number of ether oxygens (including phenoxy) is 2. The highest BCUT2D eigenvalue weighted by Gasteiger charge is 2.25. The molecule has 0 aromatic rings. The number of hydrogen-bond donors (Lipinski definition) is 2. The molecule has 0 bridgehead atoms. The number of carbonyl (C=O) groups excluding carboxylic acids is 1. The van der Waals surface area contributed by atoms with Crippen LogP contribution in [-0.2, 0) is 14.3 Å². The van der Waals surface area contributed by atoms with Gasteiger partial charge in [-0.1, -0.05) is 0 Å². The lowest BCUT2D eigenvalue weighted by molar-refractivity contribution is -0.123. The van der Waals surface area contributed by atoms with Gasteiger partial charge in [0.2, 0.25) is 5.91 Å². The molecule has 17 heavy (non-hydrogen) atoms. The molecule has 1 amide bonds. The molecule has 0 aromatic carbocycles. The van der Waals surface area contributed by atoms with Crippen LogP contribution in [0.4, 0.5) is 0 Å². The summed E-state index contributed by atoms with van der Waals surface area (Å²) in [6.07, 6.45) is 0.910. The second-order valence-electron chi connectivity index (χ2n) is 4.12. The minimum Gasteiger partial charge on any atom is -0.382 e. The molecule has 100 valence electrons. The Morgan fingerprint density at radius 3 is 3.00 bits per heavy atom. The first-order valence-corrected chi connectivity index (χ1v) is 6.06. The lowest BCUT2D eigenvalue weighted by Gasteiger charge is -2.34. The average Bonchev–Trinajstić information content (AvgIpc) is 2.34. The molecule has 6 heteroatoms. The summed E-state index contributed by atoms with van der Waals surface area (Å²) in [6.45, 7) is 5.22. The molecule has 1 aliphatic rings. The molecule has 0 aromatic heterocycles. The van der Waals surface area contributed by atoms with E-state index < -0.39 is 0 Å². The number of methoxy groups -OCH3 is 1. The van der Waals surface area contributed by atoms with Gasteiger partial charge < -0.3 is 20.5 Å². The smallest absolute Gasteiger partial charge is 0.236 e. The Morgan fingerprint density at radius 1 is 1.47 bits per heavy atom. The highest BCUT2D eigenvalue weighted by Crippen LogP contribution is 2.03. The van der Waals surface area contributed by atoms with Crippen LogP contribution in [0, 0.1) is 0 Å². The number of piperazine rings is 1. The second kappa shape index (κ2) is 8.41. The van der Waals surface area contributed by atoms with E-state index in [1.54, 1.807) is 7.11 Å². The Hall–Kier alpha value is -0.690. The minimum absolute atomic E-state index is 0.178. The van der Waals surface area contributed by atoms with Crippen LogP contribution in [0.5, 0.6) is 0 Å². The summed E-state index contributed by atoms with van der Waals surface area (Å²) in [5.74, 6) is -0.252. The first-order valence-electron chi connectivity index (χ1n) is 6.06. The van der Waals surface area contributed by atoms with Crippen molar-refractivity contribution in [1.82, 2.24) is 10.2 Å².